The predicted molar refractivity (Wildman–Crippen MR) is 150 cm³/mol. The quantitative estimate of drug-likeness (QED) is 0.220. The molecule has 1 N–H and O–H groups in total. The highest BCUT2D eigenvalue weighted by atomic mass is 16.5. The Morgan fingerprint density at radius 3 is 2.54 bits per heavy atom. The standard InChI is InChI=1S/C30H38N4O5/c1-7-17-39-22-13-12-21(18-23(22)38-8-2)26-24(28(36)30(37)34(26)16-10-14-32(5)6)27(35)25-20(4)33-15-9-11-19(3)29(33)31-25/h9,11-13,15,18,26,35H,7-8,10,14,16-17H2,1-6H3. The Morgan fingerprint density at radius 2 is 1.87 bits per heavy atom. The van der Waals surface area contributed by atoms with Crippen LogP contribution in [0.3, 0.4) is 0 Å². The number of rotatable bonds is 11. The van der Waals surface area contributed by atoms with Gasteiger partial charge in [0, 0.05) is 12.7 Å². The first-order valence-electron chi connectivity index (χ1n) is 13.5. The Balaban J connectivity index is 1.88. The summed E-state index contributed by atoms with van der Waals surface area (Å²) in [5.41, 5.74) is 3.27. The van der Waals surface area contributed by atoms with Crippen LogP contribution in [0.5, 0.6) is 11.5 Å². The molecule has 9 nitrogen and oxygen atoms in total. The number of carbonyl (C=O) groups is 2. The van der Waals surface area contributed by atoms with Crippen LogP contribution in [0.15, 0.2) is 42.1 Å². The molecule has 9 heteroatoms. The van der Waals surface area contributed by atoms with Crippen LogP contribution in [0.1, 0.15) is 55.2 Å². The number of hydrogen-bond donors (Lipinski definition) is 1. The summed E-state index contributed by atoms with van der Waals surface area (Å²) in [4.78, 5) is 35.1. The maximum Gasteiger partial charge on any atom is 0.295 e. The third kappa shape index (κ3) is 5.49. The molecule has 39 heavy (non-hydrogen) atoms. The largest absolute Gasteiger partial charge is 0.505 e. The van der Waals surface area contributed by atoms with E-state index in [0.29, 0.717) is 54.6 Å². The molecule has 0 radical (unpaired) electrons. The second-order valence-electron chi connectivity index (χ2n) is 10.1. The van der Waals surface area contributed by atoms with Crippen molar-refractivity contribution in [1.82, 2.24) is 19.2 Å². The Bertz CT molecular complexity index is 1410. The molecule has 1 aliphatic rings. The minimum atomic E-state index is -0.795. The van der Waals surface area contributed by atoms with Crippen molar-refractivity contribution in [2.45, 2.75) is 46.6 Å². The maximum absolute atomic E-state index is 13.5. The SMILES string of the molecule is CCCOc1ccc(C2C(=C(O)c3nc4c(C)cccn4c3C)C(=O)C(=O)N2CCCN(C)C)cc1OCC. The summed E-state index contributed by atoms with van der Waals surface area (Å²) >= 11 is 0. The van der Waals surface area contributed by atoms with Gasteiger partial charge in [0.25, 0.3) is 11.7 Å². The van der Waals surface area contributed by atoms with Crippen LogP contribution in [-0.2, 0) is 9.59 Å². The van der Waals surface area contributed by atoms with E-state index in [-0.39, 0.29) is 17.0 Å². The smallest absolute Gasteiger partial charge is 0.295 e. The van der Waals surface area contributed by atoms with Gasteiger partial charge in [0.1, 0.15) is 11.3 Å². The van der Waals surface area contributed by atoms with E-state index in [2.05, 4.69) is 4.98 Å². The molecule has 208 valence electrons. The normalized spacial score (nSPS) is 17.0. The molecular formula is C30H38N4O5. The summed E-state index contributed by atoms with van der Waals surface area (Å²) in [6, 6.07) is 8.48. The number of pyridine rings is 1. The summed E-state index contributed by atoms with van der Waals surface area (Å²) in [6.45, 7) is 9.75. The predicted octanol–water partition coefficient (Wildman–Crippen LogP) is 4.51. The first-order valence-corrected chi connectivity index (χ1v) is 13.5. The molecule has 1 atom stereocenters. The van der Waals surface area contributed by atoms with Crippen molar-refractivity contribution >= 4 is 23.1 Å². The Hall–Kier alpha value is -3.85. The van der Waals surface area contributed by atoms with Gasteiger partial charge in [-0.1, -0.05) is 19.1 Å². The van der Waals surface area contributed by atoms with Gasteiger partial charge in [0.2, 0.25) is 0 Å². The monoisotopic (exact) mass is 534 g/mol. The fourth-order valence-electron chi connectivity index (χ4n) is 4.98. The van der Waals surface area contributed by atoms with Gasteiger partial charge in [-0.15, -0.1) is 0 Å². The number of aliphatic hydroxyl groups excluding tert-OH is 1. The number of aliphatic hydroxyl groups is 1. The van der Waals surface area contributed by atoms with Crippen LogP contribution < -0.4 is 9.47 Å². The third-order valence-electron chi connectivity index (χ3n) is 6.90. The average molecular weight is 535 g/mol. The van der Waals surface area contributed by atoms with Gasteiger partial charge in [-0.05, 0) is 83.6 Å². The molecule has 3 heterocycles. The summed E-state index contributed by atoms with van der Waals surface area (Å²) in [5, 5.41) is 11.6. The Labute approximate surface area is 229 Å². The number of Topliss-reactive ketones (excluding diaryl/α,β-unsaturated/α-hetero) is 1. The second kappa shape index (κ2) is 11.9. The highest BCUT2D eigenvalue weighted by Crippen LogP contribution is 2.42. The Morgan fingerprint density at radius 1 is 1.10 bits per heavy atom. The molecule has 2 aromatic heterocycles. The number of aromatic nitrogens is 2. The number of ether oxygens (including phenoxy) is 2. The first-order chi connectivity index (χ1) is 18.7. The van der Waals surface area contributed by atoms with E-state index in [9.17, 15) is 14.7 Å². The van der Waals surface area contributed by atoms with Crippen molar-refractivity contribution in [2.24, 2.45) is 0 Å². The number of carbonyl (C=O) groups excluding carboxylic acids is 2. The van der Waals surface area contributed by atoms with Crippen molar-refractivity contribution < 1.29 is 24.2 Å². The highest BCUT2D eigenvalue weighted by molar-refractivity contribution is 6.46. The fourth-order valence-corrected chi connectivity index (χ4v) is 4.98. The zero-order valence-electron chi connectivity index (χ0n) is 23.7. The summed E-state index contributed by atoms with van der Waals surface area (Å²) < 4.78 is 13.6. The number of hydrogen-bond acceptors (Lipinski definition) is 7. The van der Waals surface area contributed by atoms with E-state index in [0.717, 1.165) is 18.5 Å². The zero-order chi connectivity index (χ0) is 28.3. The van der Waals surface area contributed by atoms with Crippen LogP contribution in [0.4, 0.5) is 0 Å². The zero-order valence-corrected chi connectivity index (χ0v) is 23.7. The van der Waals surface area contributed by atoms with Gasteiger partial charge in [0.05, 0.1) is 30.5 Å². The number of benzene rings is 1. The highest BCUT2D eigenvalue weighted by Gasteiger charge is 2.46. The fraction of sp³-hybridized carbons (Fsp3) is 0.433. The molecule has 1 aromatic carbocycles. The lowest BCUT2D eigenvalue weighted by Crippen LogP contribution is -2.32. The second-order valence-corrected chi connectivity index (χ2v) is 10.1. The number of ketones is 1. The van der Waals surface area contributed by atoms with Crippen LogP contribution in [0, 0.1) is 13.8 Å². The van der Waals surface area contributed by atoms with Crippen LogP contribution in [-0.4, -0.2) is 76.4 Å². The van der Waals surface area contributed by atoms with Crippen LogP contribution in [0.25, 0.3) is 11.4 Å². The van der Waals surface area contributed by atoms with Gasteiger partial charge in [0.15, 0.2) is 17.3 Å². The summed E-state index contributed by atoms with van der Waals surface area (Å²) in [5.74, 6) is -0.513. The van der Waals surface area contributed by atoms with Crippen LogP contribution in [0.2, 0.25) is 0 Å². The number of likely N-dealkylation sites (tertiary alicyclic amines) is 1. The molecule has 3 aromatic rings. The maximum atomic E-state index is 13.5. The van der Waals surface area contributed by atoms with Crippen LogP contribution >= 0.6 is 0 Å². The first kappa shape index (κ1) is 28.2. The number of nitrogens with zero attached hydrogens (tertiary/aromatic N) is 4. The number of amides is 1. The van der Waals surface area contributed by atoms with Crippen molar-refractivity contribution in [3.8, 4) is 11.5 Å². The minimum absolute atomic E-state index is 0.0266. The molecule has 1 saturated heterocycles. The summed E-state index contributed by atoms with van der Waals surface area (Å²) in [6.07, 6.45) is 3.37. The number of fused-ring (bicyclic) bond motifs is 1. The van der Waals surface area contributed by atoms with Gasteiger partial charge in [-0.2, -0.15) is 0 Å². The molecule has 0 spiro atoms. The van der Waals surface area contributed by atoms with Gasteiger partial charge in [-0.25, -0.2) is 4.98 Å². The van der Waals surface area contributed by atoms with E-state index >= 15 is 0 Å². The lowest BCUT2D eigenvalue weighted by molar-refractivity contribution is -0.139. The molecule has 1 fully saturated rings. The van der Waals surface area contributed by atoms with Gasteiger partial charge < -0.3 is 28.8 Å². The third-order valence-corrected chi connectivity index (χ3v) is 6.90. The van der Waals surface area contributed by atoms with E-state index in [1.807, 2.05) is 75.5 Å². The van der Waals surface area contributed by atoms with E-state index in [1.54, 1.807) is 17.0 Å². The van der Waals surface area contributed by atoms with Crippen molar-refractivity contribution in [1.29, 1.82) is 0 Å². The van der Waals surface area contributed by atoms with Crippen molar-refractivity contribution in [2.75, 3.05) is 40.4 Å². The number of aryl methyl sites for hydroxylation is 2. The molecule has 0 bridgehead atoms. The Kier molecular flexibility index (Phi) is 8.60. The molecule has 0 aliphatic carbocycles. The minimum Gasteiger partial charge on any atom is -0.505 e. The average Bonchev–Trinajstić information content (AvgIpc) is 3.38. The molecule has 1 unspecified atom stereocenters. The van der Waals surface area contributed by atoms with E-state index in [1.165, 1.54) is 0 Å². The van der Waals surface area contributed by atoms with Gasteiger partial charge >= 0.3 is 0 Å². The number of imidazole rings is 1. The molecule has 1 aliphatic heterocycles. The lowest BCUT2D eigenvalue weighted by Gasteiger charge is -2.26. The van der Waals surface area contributed by atoms with Gasteiger partial charge in [-0.3, -0.25) is 9.59 Å². The topological polar surface area (TPSA) is 96.6 Å². The summed E-state index contributed by atoms with van der Waals surface area (Å²) in [7, 11) is 3.92. The molecule has 4 rings (SSSR count). The van der Waals surface area contributed by atoms with Crippen molar-refractivity contribution in [3.63, 3.8) is 0 Å². The lowest BCUT2D eigenvalue weighted by atomic mass is 9.96. The molecular weight excluding hydrogens is 496 g/mol. The molecule has 1 amide bonds. The van der Waals surface area contributed by atoms with E-state index < -0.39 is 17.7 Å². The van der Waals surface area contributed by atoms with Crippen molar-refractivity contribution in [3.05, 3.63) is 64.6 Å². The van der Waals surface area contributed by atoms with E-state index in [4.69, 9.17) is 9.47 Å². The molecule has 0 saturated carbocycles.